The smallest absolute Gasteiger partial charge is 0.169 e. The molecule has 90 valence electrons. The number of halogens is 1. The lowest BCUT2D eigenvalue weighted by Crippen LogP contribution is -2.16. The van der Waals surface area contributed by atoms with Crippen LogP contribution in [-0.4, -0.2) is 20.2 Å². The van der Waals surface area contributed by atoms with Gasteiger partial charge >= 0.3 is 0 Å². The van der Waals surface area contributed by atoms with E-state index in [1.54, 1.807) is 0 Å². The average Bonchev–Trinajstić information content (AvgIpc) is 2.65. The second-order valence-electron chi connectivity index (χ2n) is 4.60. The Morgan fingerprint density at radius 3 is 2.44 bits per heavy atom. The number of aromatic nitrogens is 4. The van der Waals surface area contributed by atoms with Gasteiger partial charge in [0.05, 0.1) is 11.4 Å². The van der Waals surface area contributed by atoms with Crippen LogP contribution in [0.5, 0.6) is 0 Å². The third kappa shape index (κ3) is 2.73. The van der Waals surface area contributed by atoms with Gasteiger partial charge in [0, 0.05) is 0 Å². The number of hydrogen-bond acceptors (Lipinski definition) is 3. The van der Waals surface area contributed by atoms with E-state index in [0.29, 0.717) is 6.04 Å². The minimum atomic E-state index is -0.111. The minimum Gasteiger partial charge on any atom is -0.225 e. The molecule has 1 heterocycles. The molecule has 2 rings (SSSR count). The lowest BCUT2D eigenvalue weighted by atomic mass is 9.97. The summed E-state index contributed by atoms with van der Waals surface area (Å²) in [5.41, 5.74) is 0. The molecular formula is C11H19ClN4. The maximum absolute atomic E-state index is 6.08. The Hall–Kier alpha value is -0.640. The number of hydrogen-bond donors (Lipinski definition) is 0. The molecule has 1 fully saturated rings. The van der Waals surface area contributed by atoms with Gasteiger partial charge in [0.15, 0.2) is 5.82 Å². The molecule has 1 aliphatic carbocycles. The Labute approximate surface area is 101 Å². The number of tetrazole rings is 1. The van der Waals surface area contributed by atoms with Gasteiger partial charge in [-0.1, -0.05) is 32.1 Å². The van der Waals surface area contributed by atoms with Crippen LogP contribution in [0.1, 0.15) is 69.1 Å². The van der Waals surface area contributed by atoms with Crippen molar-refractivity contribution in [3.8, 4) is 0 Å². The van der Waals surface area contributed by atoms with Gasteiger partial charge in [0.1, 0.15) is 0 Å². The van der Waals surface area contributed by atoms with Crippen molar-refractivity contribution in [2.45, 2.75) is 63.3 Å². The second-order valence-corrected chi connectivity index (χ2v) is 5.25. The SMILES string of the molecule is CC(Cl)c1nnnn1C1CCCCCCC1. The summed E-state index contributed by atoms with van der Waals surface area (Å²) in [5, 5.41) is 11.8. The van der Waals surface area contributed by atoms with Crippen molar-refractivity contribution in [1.82, 2.24) is 20.2 Å². The Morgan fingerprint density at radius 2 is 1.81 bits per heavy atom. The number of nitrogens with zero attached hydrogens (tertiary/aromatic N) is 4. The number of rotatable bonds is 2. The van der Waals surface area contributed by atoms with Crippen LogP contribution in [0.4, 0.5) is 0 Å². The molecule has 4 nitrogen and oxygen atoms in total. The zero-order chi connectivity index (χ0) is 11.4. The Morgan fingerprint density at radius 1 is 1.19 bits per heavy atom. The summed E-state index contributed by atoms with van der Waals surface area (Å²) < 4.78 is 1.95. The highest BCUT2D eigenvalue weighted by Crippen LogP contribution is 2.28. The quantitative estimate of drug-likeness (QED) is 0.748. The fourth-order valence-corrected chi connectivity index (χ4v) is 2.55. The molecule has 0 spiro atoms. The van der Waals surface area contributed by atoms with Crippen LogP contribution in [0.25, 0.3) is 0 Å². The average molecular weight is 243 g/mol. The monoisotopic (exact) mass is 242 g/mol. The van der Waals surface area contributed by atoms with E-state index in [2.05, 4.69) is 15.5 Å². The largest absolute Gasteiger partial charge is 0.225 e. The topological polar surface area (TPSA) is 43.6 Å². The van der Waals surface area contributed by atoms with Gasteiger partial charge in [0.25, 0.3) is 0 Å². The maximum atomic E-state index is 6.08. The Balaban J connectivity index is 2.11. The van der Waals surface area contributed by atoms with Crippen LogP contribution in [-0.2, 0) is 0 Å². The van der Waals surface area contributed by atoms with Crippen molar-refractivity contribution in [2.75, 3.05) is 0 Å². The standard InChI is InChI=1S/C11H19ClN4/c1-9(12)11-13-14-15-16(11)10-7-5-3-2-4-6-8-10/h9-10H,2-8H2,1H3. The minimum absolute atomic E-state index is 0.111. The highest BCUT2D eigenvalue weighted by molar-refractivity contribution is 6.20. The molecule has 0 radical (unpaired) electrons. The summed E-state index contributed by atoms with van der Waals surface area (Å²) in [4.78, 5) is 0. The molecule has 5 heteroatoms. The molecule has 1 aliphatic rings. The lowest BCUT2D eigenvalue weighted by molar-refractivity contribution is 0.334. The molecule has 16 heavy (non-hydrogen) atoms. The van der Waals surface area contributed by atoms with Crippen molar-refractivity contribution < 1.29 is 0 Å². The van der Waals surface area contributed by atoms with Crippen molar-refractivity contribution in [3.05, 3.63) is 5.82 Å². The number of alkyl halides is 1. The molecule has 1 saturated carbocycles. The van der Waals surface area contributed by atoms with Gasteiger partial charge in [0.2, 0.25) is 0 Å². The summed E-state index contributed by atoms with van der Waals surface area (Å²) in [5.74, 6) is 0.812. The van der Waals surface area contributed by atoms with E-state index < -0.39 is 0 Å². The third-order valence-corrected chi connectivity index (χ3v) is 3.49. The molecule has 0 aliphatic heterocycles. The first-order valence-corrected chi connectivity index (χ1v) is 6.64. The molecule has 1 aromatic rings. The van der Waals surface area contributed by atoms with Crippen molar-refractivity contribution in [1.29, 1.82) is 0 Å². The summed E-state index contributed by atoms with van der Waals surface area (Å²) in [7, 11) is 0. The molecule has 0 aromatic carbocycles. The van der Waals surface area contributed by atoms with E-state index in [4.69, 9.17) is 11.6 Å². The molecular weight excluding hydrogens is 224 g/mol. The van der Waals surface area contributed by atoms with Crippen LogP contribution in [0.2, 0.25) is 0 Å². The molecule has 0 saturated heterocycles. The molecule has 0 N–H and O–H groups in total. The predicted molar refractivity (Wildman–Crippen MR) is 63.4 cm³/mol. The van der Waals surface area contributed by atoms with E-state index in [1.165, 1.54) is 44.9 Å². The first kappa shape index (κ1) is 11.8. The van der Waals surface area contributed by atoms with E-state index >= 15 is 0 Å². The Kier molecular flexibility index (Phi) is 4.16. The highest BCUT2D eigenvalue weighted by atomic mass is 35.5. The van der Waals surface area contributed by atoms with Crippen molar-refractivity contribution >= 4 is 11.6 Å². The normalized spacial score (nSPS) is 21.4. The summed E-state index contributed by atoms with van der Waals surface area (Å²) >= 11 is 6.08. The van der Waals surface area contributed by atoms with Gasteiger partial charge in [-0.05, 0) is 30.2 Å². The summed E-state index contributed by atoms with van der Waals surface area (Å²) in [6, 6.07) is 0.450. The molecule has 1 atom stereocenters. The van der Waals surface area contributed by atoms with E-state index in [9.17, 15) is 0 Å². The fraction of sp³-hybridized carbons (Fsp3) is 0.909. The molecule has 1 unspecified atom stereocenters. The van der Waals surface area contributed by atoms with Crippen LogP contribution < -0.4 is 0 Å². The Bertz CT molecular complexity index is 316. The van der Waals surface area contributed by atoms with Gasteiger partial charge < -0.3 is 0 Å². The van der Waals surface area contributed by atoms with Crippen molar-refractivity contribution in [2.24, 2.45) is 0 Å². The summed E-state index contributed by atoms with van der Waals surface area (Å²) in [6.45, 7) is 1.92. The molecule has 0 amide bonds. The van der Waals surface area contributed by atoms with Crippen LogP contribution >= 0.6 is 11.6 Å². The van der Waals surface area contributed by atoms with Gasteiger partial charge in [-0.3, -0.25) is 0 Å². The summed E-state index contributed by atoms with van der Waals surface area (Å²) in [6.07, 6.45) is 8.97. The van der Waals surface area contributed by atoms with Gasteiger partial charge in [-0.25, -0.2) is 4.68 Å². The first-order valence-electron chi connectivity index (χ1n) is 6.21. The second kappa shape index (κ2) is 5.62. The van der Waals surface area contributed by atoms with Gasteiger partial charge in [-0.15, -0.1) is 16.7 Å². The van der Waals surface area contributed by atoms with Gasteiger partial charge in [-0.2, -0.15) is 0 Å². The van der Waals surface area contributed by atoms with Crippen LogP contribution in [0.3, 0.4) is 0 Å². The van der Waals surface area contributed by atoms with E-state index in [1.807, 2.05) is 11.6 Å². The third-order valence-electron chi connectivity index (χ3n) is 3.29. The zero-order valence-electron chi connectivity index (χ0n) is 9.77. The van der Waals surface area contributed by atoms with E-state index in [-0.39, 0.29) is 5.38 Å². The molecule has 1 aromatic heterocycles. The van der Waals surface area contributed by atoms with Crippen LogP contribution in [0, 0.1) is 0 Å². The van der Waals surface area contributed by atoms with E-state index in [0.717, 1.165) is 5.82 Å². The van der Waals surface area contributed by atoms with Crippen LogP contribution in [0.15, 0.2) is 0 Å². The lowest BCUT2D eigenvalue weighted by Gasteiger charge is -2.21. The highest BCUT2D eigenvalue weighted by Gasteiger charge is 2.20. The fourth-order valence-electron chi connectivity index (χ4n) is 2.40. The predicted octanol–water partition coefficient (Wildman–Crippen LogP) is 3.26. The zero-order valence-corrected chi connectivity index (χ0v) is 10.5. The first-order chi connectivity index (χ1) is 7.79. The van der Waals surface area contributed by atoms with Crippen molar-refractivity contribution in [3.63, 3.8) is 0 Å². The molecule has 0 bridgehead atoms. The maximum Gasteiger partial charge on any atom is 0.169 e.